The zero-order valence-corrected chi connectivity index (χ0v) is 8.76. The summed E-state index contributed by atoms with van der Waals surface area (Å²) in [6.07, 6.45) is 3.88. The molecule has 1 aromatic heterocycles. The van der Waals surface area contributed by atoms with Crippen molar-refractivity contribution in [2.24, 2.45) is 7.05 Å². The van der Waals surface area contributed by atoms with Gasteiger partial charge in [-0.2, -0.15) is 0 Å². The van der Waals surface area contributed by atoms with Crippen LogP contribution in [0, 0.1) is 0 Å². The van der Waals surface area contributed by atoms with Gasteiger partial charge in [0.2, 0.25) is 0 Å². The summed E-state index contributed by atoms with van der Waals surface area (Å²) in [5.74, 6) is 1.23. The second-order valence-corrected chi connectivity index (χ2v) is 9.67. The molecule has 1 heterocycles. The predicted octanol–water partition coefficient (Wildman–Crippen LogP) is 1.84. The lowest BCUT2D eigenvalue weighted by atomic mass is 10.7. The molecule has 0 radical (unpaired) electrons. The molecule has 0 unspecified atom stereocenters. The largest absolute Gasteiger partial charge is 0.338 e. The van der Waals surface area contributed by atoms with E-state index in [0.717, 1.165) is 0 Å². The van der Waals surface area contributed by atoms with E-state index in [0.29, 0.717) is 0 Å². The van der Waals surface area contributed by atoms with E-state index in [1.807, 2.05) is 12.4 Å². The third-order valence-electron chi connectivity index (χ3n) is 1.61. The van der Waals surface area contributed by atoms with Crippen LogP contribution in [0.25, 0.3) is 0 Å². The number of aromatic nitrogens is 2. The zero-order chi connectivity index (χ0) is 8.48. The van der Waals surface area contributed by atoms with E-state index in [-0.39, 0.29) is 0 Å². The fourth-order valence-corrected chi connectivity index (χ4v) is 2.33. The molecule has 0 amide bonds. The van der Waals surface area contributed by atoms with Crippen LogP contribution >= 0.6 is 0 Å². The van der Waals surface area contributed by atoms with Crippen molar-refractivity contribution in [3.05, 3.63) is 18.2 Å². The molecule has 0 bridgehead atoms. The highest BCUT2D eigenvalue weighted by molar-refractivity contribution is 6.75. The minimum atomic E-state index is -0.976. The summed E-state index contributed by atoms with van der Waals surface area (Å²) in [5, 5.41) is 0. The molecule has 0 fully saturated rings. The number of hydrogen-bond donors (Lipinski definition) is 0. The predicted molar refractivity (Wildman–Crippen MR) is 50.3 cm³/mol. The number of aryl methyl sites for hydroxylation is 1. The van der Waals surface area contributed by atoms with E-state index in [1.165, 1.54) is 11.9 Å². The maximum atomic E-state index is 4.30. The Balaban J connectivity index is 2.72. The molecule has 0 N–H and O–H groups in total. The molecule has 1 rings (SSSR count). The minimum absolute atomic E-state index is 0.976. The fourth-order valence-electron chi connectivity index (χ4n) is 1.04. The van der Waals surface area contributed by atoms with Crippen molar-refractivity contribution in [3.63, 3.8) is 0 Å². The first-order chi connectivity index (χ1) is 4.99. The van der Waals surface area contributed by atoms with E-state index >= 15 is 0 Å². The van der Waals surface area contributed by atoms with Crippen molar-refractivity contribution in [2.45, 2.75) is 25.7 Å². The molecule has 1 aromatic rings. The second-order valence-electron chi connectivity index (χ2n) is 4.19. The van der Waals surface area contributed by atoms with Crippen LogP contribution in [0.1, 0.15) is 5.82 Å². The van der Waals surface area contributed by atoms with E-state index in [4.69, 9.17) is 0 Å². The molecule has 0 saturated heterocycles. The van der Waals surface area contributed by atoms with E-state index < -0.39 is 8.07 Å². The van der Waals surface area contributed by atoms with Gasteiger partial charge in [-0.25, -0.2) is 4.98 Å². The van der Waals surface area contributed by atoms with Crippen LogP contribution < -0.4 is 0 Å². The lowest BCUT2D eigenvalue weighted by Gasteiger charge is -2.14. The minimum Gasteiger partial charge on any atom is -0.338 e. The average Bonchev–Trinajstić information content (AvgIpc) is 2.12. The average molecular weight is 168 g/mol. The van der Waals surface area contributed by atoms with Gasteiger partial charge in [-0.15, -0.1) is 0 Å². The van der Waals surface area contributed by atoms with Crippen molar-refractivity contribution in [2.75, 3.05) is 0 Å². The number of nitrogens with zero attached hydrogens (tertiary/aromatic N) is 2. The smallest absolute Gasteiger partial charge is 0.105 e. The Morgan fingerprint density at radius 2 is 2.09 bits per heavy atom. The first kappa shape index (κ1) is 8.52. The van der Waals surface area contributed by atoms with Crippen molar-refractivity contribution < 1.29 is 0 Å². The van der Waals surface area contributed by atoms with Crippen LogP contribution in [0.3, 0.4) is 0 Å². The summed E-state index contributed by atoms with van der Waals surface area (Å²) in [5.41, 5.74) is 0. The molecule has 11 heavy (non-hydrogen) atoms. The van der Waals surface area contributed by atoms with Gasteiger partial charge in [-0.3, -0.25) is 0 Å². The first-order valence-electron chi connectivity index (χ1n) is 3.95. The van der Waals surface area contributed by atoms with Crippen molar-refractivity contribution in [1.82, 2.24) is 9.55 Å². The Labute approximate surface area is 69.3 Å². The van der Waals surface area contributed by atoms with Gasteiger partial charge in [0.15, 0.2) is 0 Å². The summed E-state index contributed by atoms with van der Waals surface area (Å²) < 4.78 is 2.11. The molecule has 0 saturated carbocycles. The first-order valence-corrected chi connectivity index (χ1v) is 7.66. The van der Waals surface area contributed by atoms with Gasteiger partial charge >= 0.3 is 0 Å². The molecule has 2 nitrogen and oxygen atoms in total. The van der Waals surface area contributed by atoms with E-state index in [2.05, 4.69) is 36.2 Å². The van der Waals surface area contributed by atoms with Gasteiger partial charge in [-0.1, -0.05) is 19.6 Å². The van der Waals surface area contributed by atoms with Gasteiger partial charge < -0.3 is 4.57 Å². The van der Waals surface area contributed by atoms with Crippen LogP contribution in [-0.4, -0.2) is 17.6 Å². The monoisotopic (exact) mass is 168 g/mol. The lowest BCUT2D eigenvalue weighted by molar-refractivity contribution is 0.839. The highest BCUT2D eigenvalue weighted by Crippen LogP contribution is 2.08. The Morgan fingerprint density at radius 1 is 1.45 bits per heavy atom. The van der Waals surface area contributed by atoms with Gasteiger partial charge in [-0.05, 0) is 0 Å². The number of imidazole rings is 1. The molecule has 0 aliphatic rings. The van der Waals surface area contributed by atoms with Crippen LogP contribution in [0.15, 0.2) is 12.4 Å². The fraction of sp³-hybridized carbons (Fsp3) is 0.625. The molecule has 0 atom stereocenters. The number of rotatable bonds is 2. The van der Waals surface area contributed by atoms with Gasteiger partial charge in [0.1, 0.15) is 5.82 Å². The third kappa shape index (κ3) is 2.50. The normalized spacial score (nSPS) is 12.0. The van der Waals surface area contributed by atoms with Crippen LogP contribution in [-0.2, 0) is 13.1 Å². The van der Waals surface area contributed by atoms with Crippen LogP contribution in [0.2, 0.25) is 19.6 Å². The Morgan fingerprint density at radius 3 is 2.45 bits per heavy atom. The van der Waals surface area contributed by atoms with Gasteiger partial charge in [0, 0.05) is 25.5 Å². The molecular formula is C8H16N2Si. The van der Waals surface area contributed by atoms with Crippen molar-refractivity contribution in [3.8, 4) is 0 Å². The molecule has 0 aliphatic carbocycles. The quantitative estimate of drug-likeness (QED) is 0.616. The summed E-state index contributed by atoms with van der Waals surface area (Å²) in [6, 6.07) is 1.18. The van der Waals surface area contributed by atoms with Crippen LogP contribution in [0.5, 0.6) is 0 Å². The van der Waals surface area contributed by atoms with Crippen LogP contribution in [0.4, 0.5) is 0 Å². The van der Waals surface area contributed by atoms with Gasteiger partial charge in [0.25, 0.3) is 0 Å². The molecule has 0 aliphatic heterocycles. The Hall–Kier alpha value is -0.573. The highest BCUT2D eigenvalue weighted by atomic mass is 28.3. The molecule has 3 heteroatoms. The maximum Gasteiger partial charge on any atom is 0.105 e. The standard InChI is InChI=1S/C8H16N2Si/c1-10-6-5-9-8(10)7-11(2,3)4/h5-6H,7H2,1-4H3. The van der Waals surface area contributed by atoms with Gasteiger partial charge in [0.05, 0.1) is 8.07 Å². The summed E-state index contributed by atoms with van der Waals surface area (Å²) in [6.45, 7) is 7.09. The molecule has 62 valence electrons. The van der Waals surface area contributed by atoms with E-state index in [1.54, 1.807) is 0 Å². The van der Waals surface area contributed by atoms with Crippen molar-refractivity contribution in [1.29, 1.82) is 0 Å². The second kappa shape index (κ2) is 2.81. The zero-order valence-electron chi connectivity index (χ0n) is 7.76. The maximum absolute atomic E-state index is 4.30. The van der Waals surface area contributed by atoms with E-state index in [9.17, 15) is 0 Å². The topological polar surface area (TPSA) is 17.8 Å². The molecule has 0 aromatic carbocycles. The summed E-state index contributed by atoms with van der Waals surface area (Å²) in [4.78, 5) is 4.30. The Kier molecular flexibility index (Phi) is 2.18. The summed E-state index contributed by atoms with van der Waals surface area (Å²) in [7, 11) is 1.08. The highest BCUT2D eigenvalue weighted by Gasteiger charge is 2.15. The third-order valence-corrected chi connectivity index (χ3v) is 2.99. The molecule has 0 spiro atoms. The lowest BCUT2D eigenvalue weighted by Crippen LogP contribution is -2.25. The molecular weight excluding hydrogens is 152 g/mol. The number of hydrogen-bond acceptors (Lipinski definition) is 1. The van der Waals surface area contributed by atoms with Crippen molar-refractivity contribution >= 4 is 8.07 Å². The SMILES string of the molecule is Cn1ccnc1C[Si](C)(C)C. The summed E-state index contributed by atoms with van der Waals surface area (Å²) >= 11 is 0. The Bertz CT molecular complexity index is 234.